The number of hydrogen-bond donors (Lipinski definition) is 1. The Labute approximate surface area is 238 Å². The van der Waals surface area contributed by atoms with Gasteiger partial charge in [-0.3, -0.25) is 9.59 Å². The van der Waals surface area contributed by atoms with Gasteiger partial charge < -0.3 is 10.1 Å². The van der Waals surface area contributed by atoms with E-state index in [9.17, 15) is 14.7 Å². The molecule has 1 heterocycles. The first-order valence-electron chi connectivity index (χ1n) is 12.7. The number of aliphatic hydroxyl groups excluding tert-OH is 1. The molecule has 0 unspecified atom stereocenters. The second-order valence-electron chi connectivity index (χ2n) is 10.2. The summed E-state index contributed by atoms with van der Waals surface area (Å²) in [5.41, 5.74) is 5.28. The smallest absolute Gasteiger partial charge is 0.194 e. The van der Waals surface area contributed by atoms with E-state index in [1.807, 2.05) is 101 Å². The average molecular weight is 683 g/mol. The first kappa shape index (κ1) is 29.2. The first-order valence-corrected chi connectivity index (χ1v) is 12.7. The van der Waals surface area contributed by atoms with Crippen LogP contribution in [0.5, 0.6) is 0 Å². The Bertz CT molecular complexity index is 1470. The molecule has 0 amide bonds. The standard InChI is InChI=1S/C22H12NO.C11H20O2.Ir/c24-22-16-10-5-4-9-15(16)19-13-23-21(14-7-2-1-3-8-14)17-11-6-12-18(22)20(17)19;1-8(2)5-10(12)7-11(13)6-9(3)4;/h1-7,9-13H;7-9,12H,5-6H2,1-4H3;/q-1;;/b;10-7-;. The summed E-state index contributed by atoms with van der Waals surface area (Å²) < 4.78 is 0. The number of carbonyl (C=O) groups is 2. The topological polar surface area (TPSA) is 67.3 Å². The van der Waals surface area contributed by atoms with Gasteiger partial charge in [-0.05, 0) is 33.9 Å². The number of fused-ring (bicyclic) bond motifs is 2. The summed E-state index contributed by atoms with van der Waals surface area (Å²) >= 11 is 0. The fourth-order valence-corrected chi connectivity index (χ4v) is 4.64. The van der Waals surface area contributed by atoms with Crippen molar-refractivity contribution in [1.82, 2.24) is 4.98 Å². The number of benzene rings is 3. The van der Waals surface area contributed by atoms with E-state index in [4.69, 9.17) is 4.98 Å². The Morgan fingerprint density at radius 2 is 1.53 bits per heavy atom. The van der Waals surface area contributed by atoms with Crippen LogP contribution in [0.1, 0.15) is 56.5 Å². The van der Waals surface area contributed by atoms with E-state index >= 15 is 0 Å². The van der Waals surface area contributed by atoms with Crippen molar-refractivity contribution in [1.29, 1.82) is 0 Å². The minimum absolute atomic E-state index is 0. The molecular formula is C33H32IrNO3-. The molecule has 4 aromatic rings. The molecule has 1 aliphatic carbocycles. The molecule has 0 fully saturated rings. The van der Waals surface area contributed by atoms with Crippen LogP contribution in [-0.4, -0.2) is 21.7 Å². The van der Waals surface area contributed by atoms with Crippen molar-refractivity contribution in [2.24, 2.45) is 11.8 Å². The molecule has 0 atom stereocenters. The summed E-state index contributed by atoms with van der Waals surface area (Å²) in [5.74, 6) is 1.06. The predicted octanol–water partition coefficient (Wildman–Crippen LogP) is 8.00. The molecule has 0 bridgehead atoms. The van der Waals surface area contributed by atoms with E-state index < -0.39 is 0 Å². The number of carbonyl (C=O) groups excluding carboxylic acids is 2. The zero-order valence-corrected chi connectivity index (χ0v) is 24.5. The molecule has 5 rings (SSSR count). The summed E-state index contributed by atoms with van der Waals surface area (Å²) in [6.45, 7) is 8.00. The number of ketones is 2. The Morgan fingerprint density at radius 3 is 2.18 bits per heavy atom. The molecule has 0 saturated carbocycles. The molecule has 0 aliphatic heterocycles. The van der Waals surface area contributed by atoms with Gasteiger partial charge in [0.05, 0.1) is 5.76 Å². The van der Waals surface area contributed by atoms with Gasteiger partial charge in [0.2, 0.25) is 0 Å². The Kier molecular flexibility index (Phi) is 9.90. The van der Waals surface area contributed by atoms with Gasteiger partial charge in [0.1, 0.15) is 0 Å². The number of aromatic nitrogens is 1. The molecule has 0 saturated heterocycles. The summed E-state index contributed by atoms with van der Waals surface area (Å²) in [5, 5.41) is 11.3. The molecule has 1 radical (unpaired) electrons. The third kappa shape index (κ3) is 6.53. The zero-order valence-electron chi connectivity index (χ0n) is 22.1. The first-order chi connectivity index (χ1) is 17.8. The van der Waals surface area contributed by atoms with E-state index in [0.717, 1.165) is 44.3 Å². The van der Waals surface area contributed by atoms with E-state index in [0.29, 0.717) is 24.7 Å². The Balaban J connectivity index is 0.000000248. The summed E-state index contributed by atoms with van der Waals surface area (Å²) in [6.07, 6.45) is 4.35. The second-order valence-corrected chi connectivity index (χ2v) is 10.2. The van der Waals surface area contributed by atoms with Crippen molar-refractivity contribution in [2.75, 3.05) is 0 Å². The normalized spacial score (nSPS) is 12.1. The van der Waals surface area contributed by atoms with Crippen LogP contribution in [0.3, 0.4) is 0 Å². The SMILES string of the molecule is CC(C)CC(=O)/C=C(\O)CC(C)C.O=C1c2ccccc2-c2cnc(-c3[c-]cccc3)c3cccc1c23.[Ir]. The monoisotopic (exact) mass is 683 g/mol. The van der Waals surface area contributed by atoms with Gasteiger partial charge in [-0.1, -0.05) is 70.2 Å². The van der Waals surface area contributed by atoms with Gasteiger partial charge in [0.15, 0.2) is 11.6 Å². The number of nitrogens with zero attached hydrogens (tertiary/aromatic N) is 1. The summed E-state index contributed by atoms with van der Waals surface area (Å²) in [7, 11) is 0. The largest absolute Gasteiger partial charge is 0.512 e. The van der Waals surface area contributed by atoms with Crippen molar-refractivity contribution in [2.45, 2.75) is 40.5 Å². The summed E-state index contributed by atoms with van der Waals surface area (Å²) in [4.78, 5) is 28.8. The fraction of sp³-hybridized carbons (Fsp3) is 0.242. The molecule has 4 nitrogen and oxygen atoms in total. The fourth-order valence-electron chi connectivity index (χ4n) is 4.64. The third-order valence-corrected chi connectivity index (χ3v) is 6.14. The number of hydrogen-bond acceptors (Lipinski definition) is 4. The van der Waals surface area contributed by atoms with Crippen molar-refractivity contribution in [3.8, 4) is 22.4 Å². The van der Waals surface area contributed by atoms with Crippen LogP contribution >= 0.6 is 0 Å². The van der Waals surface area contributed by atoms with Crippen LogP contribution in [0.25, 0.3) is 33.2 Å². The molecule has 38 heavy (non-hydrogen) atoms. The maximum absolute atomic E-state index is 12.9. The molecular weight excluding hydrogens is 651 g/mol. The van der Waals surface area contributed by atoms with E-state index in [-0.39, 0.29) is 37.4 Å². The van der Waals surface area contributed by atoms with Gasteiger partial charge >= 0.3 is 0 Å². The molecule has 0 spiro atoms. The van der Waals surface area contributed by atoms with Crippen molar-refractivity contribution >= 4 is 22.3 Å². The Hall–Kier alpha value is -3.40. The van der Waals surface area contributed by atoms with Crippen molar-refractivity contribution < 1.29 is 34.8 Å². The molecule has 3 aromatic carbocycles. The third-order valence-electron chi connectivity index (χ3n) is 6.14. The average Bonchev–Trinajstić information content (AvgIpc) is 2.86. The van der Waals surface area contributed by atoms with Gasteiger partial charge in [0.25, 0.3) is 0 Å². The van der Waals surface area contributed by atoms with Crippen LogP contribution in [0.15, 0.2) is 84.8 Å². The van der Waals surface area contributed by atoms with E-state index in [1.165, 1.54) is 6.08 Å². The molecule has 197 valence electrons. The maximum Gasteiger partial charge on any atom is 0.194 e. The number of rotatable bonds is 6. The van der Waals surface area contributed by atoms with Gasteiger partial charge in [-0.25, -0.2) is 0 Å². The molecule has 1 aliphatic rings. The van der Waals surface area contributed by atoms with Crippen LogP contribution in [-0.2, 0) is 24.9 Å². The van der Waals surface area contributed by atoms with Crippen LogP contribution in [0, 0.1) is 17.9 Å². The summed E-state index contributed by atoms with van der Waals surface area (Å²) in [6, 6.07) is 24.6. The van der Waals surface area contributed by atoms with Crippen molar-refractivity contribution in [3.05, 3.63) is 102 Å². The number of allylic oxidation sites excluding steroid dienone is 2. The molecule has 5 heteroatoms. The van der Waals surface area contributed by atoms with Crippen LogP contribution in [0.2, 0.25) is 0 Å². The quantitative estimate of drug-likeness (QED) is 0.112. The van der Waals surface area contributed by atoms with E-state index in [1.54, 1.807) is 0 Å². The van der Waals surface area contributed by atoms with E-state index in [2.05, 4.69) is 6.07 Å². The number of pyridine rings is 1. The zero-order chi connectivity index (χ0) is 26.5. The molecule has 1 N–H and O–H groups in total. The van der Waals surface area contributed by atoms with Gasteiger partial charge in [0, 0.05) is 61.9 Å². The van der Waals surface area contributed by atoms with Crippen LogP contribution in [0.4, 0.5) is 0 Å². The van der Waals surface area contributed by atoms with Gasteiger partial charge in [-0.2, -0.15) is 0 Å². The van der Waals surface area contributed by atoms with Gasteiger partial charge in [-0.15, -0.1) is 35.9 Å². The van der Waals surface area contributed by atoms with Crippen molar-refractivity contribution in [3.63, 3.8) is 0 Å². The maximum atomic E-state index is 12.9. The minimum Gasteiger partial charge on any atom is -0.512 e. The van der Waals surface area contributed by atoms with Crippen LogP contribution < -0.4 is 0 Å². The molecule has 1 aromatic heterocycles. The Morgan fingerprint density at radius 1 is 0.868 bits per heavy atom. The number of aliphatic hydroxyl groups is 1. The second kappa shape index (κ2) is 12.9. The predicted molar refractivity (Wildman–Crippen MR) is 150 cm³/mol. The minimum atomic E-state index is 0.